The van der Waals surface area contributed by atoms with Crippen LogP contribution in [0.2, 0.25) is 0 Å². The molecule has 0 unspecified atom stereocenters. The molecule has 3 rings (SSSR count). The zero-order valence-electron chi connectivity index (χ0n) is 12.5. The summed E-state index contributed by atoms with van der Waals surface area (Å²) < 4.78 is 19.3. The van der Waals surface area contributed by atoms with Gasteiger partial charge in [-0.15, -0.1) is 0 Å². The molecule has 0 aliphatic heterocycles. The van der Waals surface area contributed by atoms with Crippen molar-refractivity contribution < 1.29 is 18.8 Å². The summed E-state index contributed by atoms with van der Waals surface area (Å²) >= 11 is 1.29. The number of ether oxygens (including phenoxy) is 1. The van der Waals surface area contributed by atoms with E-state index in [1.165, 1.54) is 23.5 Å². The van der Waals surface area contributed by atoms with Crippen molar-refractivity contribution in [2.45, 2.75) is 0 Å². The number of aromatic nitrogens is 1. The first-order valence-corrected chi connectivity index (χ1v) is 7.83. The molecular formula is C16H10FN3O4S. The van der Waals surface area contributed by atoms with Crippen molar-refractivity contribution in [2.24, 2.45) is 0 Å². The summed E-state index contributed by atoms with van der Waals surface area (Å²) in [5, 5.41) is 15.3. The number of nitro benzene ring substituents is 1. The molecule has 0 spiro atoms. The number of carbonyl (C=O) groups excluding carboxylic acids is 1. The van der Waals surface area contributed by atoms with Crippen LogP contribution in [0, 0.1) is 15.9 Å². The summed E-state index contributed by atoms with van der Waals surface area (Å²) in [6.45, 7) is 0. The maximum absolute atomic E-state index is 13.8. The zero-order chi connectivity index (χ0) is 17.8. The lowest BCUT2D eigenvalue weighted by molar-refractivity contribution is -0.384. The number of thiazole rings is 1. The van der Waals surface area contributed by atoms with Crippen LogP contribution in [-0.4, -0.2) is 15.8 Å². The van der Waals surface area contributed by atoms with E-state index in [9.17, 15) is 19.3 Å². The fourth-order valence-corrected chi connectivity index (χ4v) is 2.48. The van der Waals surface area contributed by atoms with Crippen molar-refractivity contribution in [3.05, 3.63) is 75.5 Å². The molecule has 0 saturated carbocycles. The summed E-state index contributed by atoms with van der Waals surface area (Å²) in [5.41, 5.74) is -0.386. The van der Waals surface area contributed by atoms with E-state index in [-0.39, 0.29) is 16.9 Å². The summed E-state index contributed by atoms with van der Waals surface area (Å²) in [4.78, 5) is 26.4. The molecule has 3 aromatic rings. The Morgan fingerprint density at radius 3 is 2.84 bits per heavy atom. The second-order valence-corrected chi connectivity index (χ2v) is 5.66. The van der Waals surface area contributed by atoms with Gasteiger partial charge in [-0.05, 0) is 24.3 Å². The Morgan fingerprint density at radius 1 is 1.28 bits per heavy atom. The molecule has 1 aromatic heterocycles. The van der Waals surface area contributed by atoms with Crippen LogP contribution >= 0.6 is 11.3 Å². The summed E-state index contributed by atoms with van der Waals surface area (Å²) in [6, 6.07) is 9.13. The number of rotatable bonds is 5. The van der Waals surface area contributed by atoms with Gasteiger partial charge in [0.2, 0.25) is 0 Å². The smallest absolute Gasteiger partial charge is 0.278 e. The van der Waals surface area contributed by atoms with Crippen molar-refractivity contribution >= 4 is 28.6 Å². The largest absolute Gasteiger partial charge is 0.431 e. The number of nitro groups is 1. The zero-order valence-corrected chi connectivity index (χ0v) is 13.3. The normalized spacial score (nSPS) is 10.3. The molecule has 7 nitrogen and oxygen atoms in total. The Hall–Kier alpha value is -3.33. The second kappa shape index (κ2) is 7.05. The van der Waals surface area contributed by atoms with Crippen LogP contribution in [0.4, 0.5) is 15.8 Å². The Kier molecular flexibility index (Phi) is 4.66. The number of nitrogens with one attached hydrogen (secondary N) is 1. The fourth-order valence-electron chi connectivity index (χ4n) is 1.98. The summed E-state index contributed by atoms with van der Waals surface area (Å²) in [5.74, 6) is -1.000. The Bertz CT molecular complexity index is 931. The minimum Gasteiger partial charge on any atom is -0.431 e. The maximum atomic E-state index is 13.8. The minimum atomic E-state index is -0.769. The molecule has 0 atom stereocenters. The number of anilines is 1. The van der Waals surface area contributed by atoms with Gasteiger partial charge in [-0.3, -0.25) is 14.9 Å². The Balaban J connectivity index is 1.79. The number of benzene rings is 2. The van der Waals surface area contributed by atoms with Gasteiger partial charge in [0.15, 0.2) is 0 Å². The Labute approximate surface area is 144 Å². The highest BCUT2D eigenvalue weighted by Crippen LogP contribution is 2.25. The highest BCUT2D eigenvalue weighted by atomic mass is 32.1. The molecule has 1 amide bonds. The van der Waals surface area contributed by atoms with Crippen LogP contribution in [0.1, 0.15) is 10.4 Å². The monoisotopic (exact) mass is 359 g/mol. The number of amides is 1. The van der Waals surface area contributed by atoms with Crippen LogP contribution in [0.25, 0.3) is 0 Å². The molecule has 0 fully saturated rings. The van der Waals surface area contributed by atoms with Crippen LogP contribution < -0.4 is 10.1 Å². The molecule has 0 aliphatic rings. The number of hydrogen-bond donors (Lipinski definition) is 1. The summed E-state index contributed by atoms with van der Waals surface area (Å²) in [6.07, 6.45) is 1.58. The lowest BCUT2D eigenvalue weighted by atomic mass is 10.2. The van der Waals surface area contributed by atoms with Gasteiger partial charge in [-0.1, -0.05) is 17.4 Å². The van der Waals surface area contributed by atoms with E-state index in [4.69, 9.17) is 4.74 Å². The molecule has 0 aliphatic carbocycles. The third-order valence-corrected chi connectivity index (χ3v) is 3.77. The molecule has 25 heavy (non-hydrogen) atoms. The van der Waals surface area contributed by atoms with Crippen molar-refractivity contribution in [1.82, 2.24) is 4.98 Å². The highest BCUT2D eigenvalue weighted by molar-refractivity contribution is 7.11. The van der Waals surface area contributed by atoms with Gasteiger partial charge < -0.3 is 10.1 Å². The van der Waals surface area contributed by atoms with Crippen molar-refractivity contribution in [1.29, 1.82) is 0 Å². The molecule has 1 heterocycles. The highest BCUT2D eigenvalue weighted by Gasteiger charge is 2.15. The first-order chi connectivity index (χ1) is 12.0. The van der Waals surface area contributed by atoms with Gasteiger partial charge >= 0.3 is 0 Å². The number of halogens is 1. The number of non-ortho nitro benzene ring substituents is 1. The first-order valence-electron chi connectivity index (χ1n) is 6.95. The average molecular weight is 359 g/mol. The lowest BCUT2D eigenvalue weighted by Crippen LogP contribution is -2.13. The van der Waals surface area contributed by atoms with E-state index in [1.54, 1.807) is 23.7 Å². The van der Waals surface area contributed by atoms with Gasteiger partial charge in [0.05, 0.1) is 10.6 Å². The average Bonchev–Trinajstić information content (AvgIpc) is 3.09. The molecule has 1 N–H and O–H groups in total. The molecule has 126 valence electrons. The quantitative estimate of drug-likeness (QED) is 0.543. The molecule has 2 aromatic carbocycles. The predicted molar refractivity (Wildman–Crippen MR) is 89.6 cm³/mol. The van der Waals surface area contributed by atoms with Crippen LogP contribution in [0.3, 0.4) is 0 Å². The van der Waals surface area contributed by atoms with E-state index >= 15 is 0 Å². The third-order valence-electron chi connectivity index (χ3n) is 3.12. The van der Waals surface area contributed by atoms with Crippen molar-refractivity contribution in [2.75, 3.05) is 5.32 Å². The van der Waals surface area contributed by atoms with Gasteiger partial charge in [-0.2, -0.15) is 0 Å². The van der Waals surface area contributed by atoms with E-state index < -0.39 is 16.6 Å². The van der Waals surface area contributed by atoms with E-state index in [0.29, 0.717) is 10.9 Å². The summed E-state index contributed by atoms with van der Waals surface area (Å²) in [7, 11) is 0. The SMILES string of the molecule is O=C(Nc1cc([N+](=O)[O-])ccc1F)c1cccc(Oc2nccs2)c1. The minimum absolute atomic E-state index is 0.208. The van der Waals surface area contributed by atoms with Crippen molar-refractivity contribution in [3.63, 3.8) is 0 Å². The number of carbonyl (C=O) groups is 1. The van der Waals surface area contributed by atoms with Gasteiger partial charge in [0.25, 0.3) is 16.8 Å². The Morgan fingerprint density at radius 2 is 2.12 bits per heavy atom. The second-order valence-electron chi connectivity index (χ2n) is 4.80. The van der Waals surface area contributed by atoms with Crippen LogP contribution in [-0.2, 0) is 0 Å². The third kappa shape index (κ3) is 3.96. The van der Waals surface area contributed by atoms with E-state index in [1.807, 2.05) is 0 Å². The van der Waals surface area contributed by atoms with Gasteiger partial charge in [-0.25, -0.2) is 9.37 Å². The fraction of sp³-hybridized carbons (Fsp3) is 0. The van der Waals surface area contributed by atoms with Gasteiger partial charge in [0.1, 0.15) is 11.6 Å². The number of hydrogen-bond acceptors (Lipinski definition) is 6. The molecular weight excluding hydrogens is 349 g/mol. The molecule has 0 bridgehead atoms. The van der Waals surface area contributed by atoms with E-state index in [0.717, 1.165) is 18.2 Å². The molecule has 0 radical (unpaired) electrons. The topological polar surface area (TPSA) is 94.4 Å². The van der Waals surface area contributed by atoms with Crippen LogP contribution in [0.15, 0.2) is 54.0 Å². The maximum Gasteiger partial charge on any atom is 0.278 e. The van der Waals surface area contributed by atoms with Crippen LogP contribution in [0.5, 0.6) is 10.9 Å². The van der Waals surface area contributed by atoms with Gasteiger partial charge in [0, 0.05) is 29.3 Å². The first kappa shape index (κ1) is 16.5. The predicted octanol–water partition coefficient (Wildman–Crippen LogP) is 4.24. The van der Waals surface area contributed by atoms with E-state index in [2.05, 4.69) is 10.3 Å². The standard InChI is InChI=1S/C16H10FN3O4S/c17-13-5-4-11(20(22)23)9-14(13)19-15(21)10-2-1-3-12(8-10)24-16-18-6-7-25-16/h1-9H,(H,19,21). The number of nitrogens with zero attached hydrogens (tertiary/aromatic N) is 2. The molecule has 9 heteroatoms. The molecule has 0 saturated heterocycles. The lowest BCUT2D eigenvalue weighted by Gasteiger charge is -2.08. The van der Waals surface area contributed by atoms with Crippen molar-refractivity contribution in [3.8, 4) is 10.9 Å².